The number of carbonyl (C=O) groups excluding carboxylic acids is 1. The second kappa shape index (κ2) is 5.21. The molecule has 0 atom stereocenters. The van der Waals surface area contributed by atoms with Gasteiger partial charge in [0.05, 0.1) is 19.2 Å². The van der Waals surface area contributed by atoms with E-state index in [1.54, 1.807) is 6.26 Å². The van der Waals surface area contributed by atoms with Crippen molar-refractivity contribution < 1.29 is 9.21 Å². The lowest BCUT2D eigenvalue weighted by Gasteiger charge is -2.05. The van der Waals surface area contributed by atoms with E-state index in [4.69, 9.17) is 10.2 Å². The maximum absolute atomic E-state index is 10.7. The third-order valence-electron chi connectivity index (χ3n) is 2.38. The zero-order valence-corrected chi connectivity index (χ0v) is 9.35. The Morgan fingerprint density at radius 1 is 1.24 bits per heavy atom. The fraction of sp³-hybridized carbons (Fsp3) is 0.154. The van der Waals surface area contributed by atoms with Crippen molar-refractivity contribution in [1.82, 2.24) is 0 Å². The van der Waals surface area contributed by atoms with E-state index in [-0.39, 0.29) is 12.3 Å². The van der Waals surface area contributed by atoms with Crippen LogP contribution in [0.4, 0.5) is 5.69 Å². The predicted molar refractivity (Wildman–Crippen MR) is 65.4 cm³/mol. The van der Waals surface area contributed by atoms with Crippen LogP contribution in [0.25, 0.3) is 0 Å². The van der Waals surface area contributed by atoms with Crippen molar-refractivity contribution in [3.63, 3.8) is 0 Å². The molecule has 0 bridgehead atoms. The largest absolute Gasteiger partial charge is 0.467 e. The number of anilines is 1. The molecule has 0 aliphatic heterocycles. The lowest BCUT2D eigenvalue weighted by Crippen LogP contribution is -2.13. The summed E-state index contributed by atoms with van der Waals surface area (Å²) in [7, 11) is 0. The lowest BCUT2D eigenvalue weighted by molar-refractivity contribution is -0.117. The van der Waals surface area contributed by atoms with Crippen LogP contribution in [0.5, 0.6) is 0 Å². The molecule has 88 valence electrons. The highest BCUT2D eigenvalue weighted by Gasteiger charge is 1.99. The minimum absolute atomic E-state index is 0.276. The van der Waals surface area contributed by atoms with Crippen molar-refractivity contribution in [2.45, 2.75) is 13.0 Å². The van der Waals surface area contributed by atoms with E-state index in [1.165, 1.54) is 0 Å². The normalized spacial score (nSPS) is 10.1. The van der Waals surface area contributed by atoms with Gasteiger partial charge in [-0.05, 0) is 29.8 Å². The monoisotopic (exact) mass is 230 g/mol. The van der Waals surface area contributed by atoms with Gasteiger partial charge in [-0.2, -0.15) is 0 Å². The smallest absolute Gasteiger partial charge is 0.221 e. The van der Waals surface area contributed by atoms with E-state index in [0.29, 0.717) is 6.54 Å². The Kier molecular flexibility index (Phi) is 3.45. The first-order valence-corrected chi connectivity index (χ1v) is 5.37. The molecule has 1 amide bonds. The Bertz CT molecular complexity index is 475. The van der Waals surface area contributed by atoms with Crippen LogP contribution in [0.1, 0.15) is 11.3 Å². The molecule has 0 aliphatic rings. The van der Waals surface area contributed by atoms with Gasteiger partial charge in [0.15, 0.2) is 0 Å². The standard InChI is InChI=1S/C13H14N2O2/c14-13(16)8-10-3-5-11(6-4-10)15-9-12-2-1-7-17-12/h1-7,15H,8-9H2,(H2,14,16). The van der Waals surface area contributed by atoms with E-state index in [9.17, 15) is 4.79 Å². The molecular formula is C13H14N2O2. The van der Waals surface area contributed by atoms with E-state index in [2.05, 4.69) is 5.32 Å². The number of carbonyl (C=O) groups is 1. The summed E-state index contributed by atoms with van der Waals surface area (Å²) in [5.74, 6) is 0.563. The number of hydrogen-bond acceptors (Lipinski definition) is 3. The van der Waals surface area contributed by atoms with E-state index >= 15 is 0 Å². The summed E-state index contributed by atoms with van der Waals surface area (Å²) in [6.45, 7) is 0.641. The first-order chi connectivity index (χ1) is 8.24. The van der Waals surface area contributed by atoms with Crippen molar-refractivity contribution in [2.24, 2.45) is 5.73 Å². The van der Waals surface area contributed by atoms with Crippen molar-refractivity contribution in [1.29, 1.82) is 0 Å². The van der Waals surface area contributed by atoms with Gasteiger partial charge < -0.3 is 15.5 Å². The Balaban J connectivity index is 1.91. The van der Waals surface area contributed by atoms with Crippen LogP contribution in [0.3, 0.4) is 0 Å². The summed E-state index contributed by atoms with van der Waals surface area (Å²) >= 11 is 0. The van der Waals surface area contributed by atoms with Crippen LogP contribution in [-0.4, -0.2) is 5.91 Å². The molecule has 0 aliphatic carbocycles. The minimum atomic E-state index is -0.318. The third kappa shape index (κ3) is 3.38. The molecule has 17 heavy (non-hydrogen) atoms. The van der Waals surface area contributed by atoms with Crippen LogP contribution in [0, 0.1) is 0 Å². The summed E-state index contributed by atoms with van der Waals surface area (Å²) < 4.78 is 5.21. The number of hydrogen-bond donors (Lipinski definition) is 2. The van der Waals surface area contributed by atoms with Crippen molar-refractivity contribution >= 4 is 11.6 Å². The zero-order valence-electron chi connectivity index (χ0n) is 9.35. The van der Waals surface area contributed by atoms with Gasteiger partial charge in [0.2, 0.25) is 5.91 Å². The summed E-state index contributed by atoms with van der Waals surface area (Å²) in [5, 5.41) is 3.22. The average Bonchev–Trinajstić information content (AvgIpc) is 2.80. The number of rotatable bonds is 5. The predicted octanol–water partition coefficient (Wildman–Crippen LogP) is 1.92. The molecular weight excluding hydrogens is 216 g/mol. The first-order valence-electron chi connectivity index (χ1n) is 5.37. The van der Waals surface area contributed by atoms with E-state index < -0.39 is 0 Å². The zero-order chi connectivity index (χ0) is 12.1. The molecule has 2 aromatic rings. The van der Waals surface area contributed by atoms with Crippen LogP contribution in [0.2, 0.25) is 0 Å². The van der Waals surface area contributed by atoms with Crippen LogP contribution < -0.4 is 11.1 Å². The lowest BCUT2D eigenvalue weighted by atomic mass is 10.1. The van der Waals surface area contributed by atoms with Gasteiger partial charge in [0.1, 0.15) is 5.76 Å². The molecule has 4 heteroatoms. The number of nitrogens with one attached hydrogen (secondary N) is 1. The molecule has 3 N–H and O–H groups in total. The summed E-state index contributed by atoms with van der Waals surface area (Å²) in [4.78, 5) is 10.7. The van der Waals surface area contributed by atoms with Gasteiger partial charge in [-0.15, -0.1) is 0 Å². The Morgan fingerprint density at radius 3 is 2.59 bits per heavy atom. The molecule has 1 aromatic heterocycles. The van der Waals surface area contributed by atoms with Gasteiger partial charge in [0.25, 0.3) is 0 Å². The maximum atomic E-state index is 10.7. The van der Waals surface area contributed by atoms with Crippen LogP contribution >= 0.6 is 0 Å². The maximum Gasteiger partial charge on any atom is 0.221 e. The van der Waals surface area contributed by atoms with Crippen LogP contribution in [-0.2, 0) is 17.8 Å². The van der Waals surface area contributed by atoms with E-state index in [0.717, 1.165) is 17.0 Å². The molecule has 0 fully saturated rings. The second-order valence-corrected chi connectivity index (χ2v) is 3.77. The molecule has 2 rings (SSSR count). The topological polar surface area (TPSA) is 68.3 Å². The number of furan rings is 1. The highest BCUT2D eigenvalue weighted by molar-refractivity contribution is 5.76. The second-order valence-electron chi connectivity index (χ2n) is 3.77. The fourth-order valence-electron chi connectivity index (χ4n) is 1.54. The molecule has 1 heterocycles. The molecule has 0 spiro atoms. The Hall–Kier alpha value is -2.23. The Labute approximate surface area is 99.4 Å². The van der Waals surface area contributed by atoms with Gasteiger partial charge in [-0.3, -0.25) is 4.79 Å². The highest BCUT2D eigenvalue weighted by Crippen LogP contribution is 2.11. The number of benzene rings is 1. The summed E-state index contributed by atoms with van der Waals surface area (Å²) in [6.07, 6.45) is 1.92. The van der Waals surface area contributed by atoms with Crippen molar-refractivity contribution in [3.8, 4) is 0 Å². The first kappa shape index (κ1) is 11.3. The third-order valence-corrected chi connectivity index (χ3v) is 2.38. The highest BCUT2D eigenvalue weighted by atomic mass is 16.3. The van der Waals surface area contributed by atoms with Crippen molar-refractivity contribution in [2.75, 3.05) is 5.32 Å². The van der Waals surface area contributed by atoms with Crippen LogP contribution in [0.15, 0.2) is 47.1 Å². The van der Waals surface area contributed by atoms with Gasteiger partial charge >= 0.3 is 0 Å². The Morgan fingerprint density at radius 2 is 2.00 bits per heavy atom. The number of amides is 1. The average molecular weight is 230 g/mol. The number of primary amides is 1. The van der Waals surface area contributed by atoms with Gasteiger partial charge in [-0.25, -0.2) is 0 Å². The molecule has 0 radical (unpaired) electrons. The molecule has 1 aromatic carbocycles. The molecule has 4 nitrogen and oxygen atoms in total. The van der Waals surface area contributed by atoms with Gasteiger partial charge in [0, 0.05) is 5.69 Å². The fourth-order valence-corrected chi connectivity index (χ4v) is 1.54. The minimum Gasteiger partial charge on any atom is -0.467 e. The van der Waals surface area contributed by atoms with Crippen molar-refractivity contribution in [3.05, 3.63) is 54.0 Å². The van der Waals surface area contributed by atoms with E-state index in [1.807, 2.05) is 36.4 Å². The summed E-state index contributed by atoms with van der Waals surface area (Å²) in [6, 6.07) is 11.4. The SMILES string of the molecule is NC(=O)Cc1ccc(NCc2ccco2)cc1. The molecule has 0 saturated heterocycles. The number of nitrogens with two attached hydrogens (primary N) is 1. The van der Waals surface area contributed by atoms with Gasteiger partial charge in [-0.1, -0.05) is 12.1 Å². The molecule has 0 unspecified atom stereocenters. The molecule has 0 saturated carbocycles. The quantitative estimate of drug-likeness (QED) is 0.824. The summed E-state index contributed by atoms with van der Waals surface area (Å²) in [5.41, 5.74) is 7.02.